The average molecular weight is 233 g/mol. The molecular formula is C17H15N. The van der Waals surface area contributed by atoms with Crippen LogP contribution in [0.2, 0.25) is 0 Å². The molecule has 0 aliphatic heterocycles. The van der Waals surface area contributed by atoms with Crippen LogP contribution >= 0.6 is 0 Å². The third-order valence-electron chi connectivity index (χ3n) is 2.97. The maximum absolute atomic E-state index is 9.28. The maximum atomic E-state index is 9.28. The monoisotopic (exact) mass is 233 g/mol. The van der Waals surface area contributed by atoms with Gasteiger partial charge >= 0.3 is 0 Å². The number of allylic oxidation sites excluding steroid dienone is 1. The van der Waals surface area contributed by atoms with E-state index in [4.69, 9.17) is 0 Å². The lowest BCUT2D eigenvalue weighted by atomic mass is 10.0. The van der Waals surface area contributed by atoms with Crippen LogP contribution in [0, 0.1) is 25.2 Å². The summed E-state index contributed by atoms with van der Waals surface area (Å²) in [5.41, 5.74) is 5.13. The van der Waals surface area contributed by atoms with Crippen molar-refractivity contribution in [3.63, 3.8) is 0 Å². The Balaban J connectivity index is 2.44. The molecule has 2 rings (SSSR count). The van der Waals surface area contributed by atoms with Crippen molar-refractivity contribution in [3.05, 3.63) is 70.8 Å². The molecule has 2 aromatic rings. The standard InChI is InChI=1S/C17H15N/c1-13-7-9-15(10-8-13)17(12-18)11-16-6-4-3-5-14(16)2/h3-11H,1-2H3/b17-11+. The van der Waals surface area contributed by atoms with Gasteiger partial charge in [0, 0.05) is 0 Å². The Morgan fingerprint density at radius 2 is 1.67 bits per heavy atom. The molecule has 0 fully saturated rings. The van der Waals surface area contributed by atoms with Crippen LogP contribution in [0.3, 0.4) is 0 Å². The van der Waals surface area contributed by atoms with Crippen molar-refractivity contribution in [2.24, 2.45) is 0 Å². The number of hydrogen-bond donors (Lipinski definition) is 0. The van der Waals surface area contributed by atoms with E-state index in [-0.39, 0.29) is 0 Å². The van der Waals surface area contributed by atoms with E-state index in [1.807, 2.05) is 55.5 Å². The molecule has 0 bridgehead atoms. The Morgan fingerprint density at radius 3 is 2.28 bits per heavy atom. The van der Waals surface area contributed by atoms with E-state index in [0.29, 0.717) is 5.57 Å². The van der Waals surface area contributed by atoms with E-state index >= 15 is 0 Å². The summed E-state index contributed by atoms with van der Waals surface area (Å²) in [5, 5.41) is 9.28. The van der Waals surface area contributed by atoms with Crippen molar-refractivity contribution in [3.8, 4) is 6.07 Å². The SMILES string of the molecule is Cc1ccc(/C(C#N)=C/c2ccccc2C)cc1. The van der Waals surface area contributed by atoms with Crippen molar-refractivity contribution in [2.75, 3.05) is 0 Å². The highest BCUT2D eigenvalue weighted by Crippen LogP contribution is 2.19. The van der Waals surface area contributed by atoms with E-state index in [0.717, 1.165) is 11.1 Å². The lowest BCUT2D eigenvalue weighted by Crippen LogP contribution is -1.84. The van der Waals surface area contributed by atoms with Gasteiger partial charge < -0.3 is 0 Å². The Kier molecular flexibility index (Phi) is 3.60. The third-order valence-corrected chi connectivity index (χ3v) is 2.97. The van der Waals surface area contributed by atoms with Crippen molar-refractivity contribution in [2.45, 2.75) is 13.8 Å². The largest absolute Gasteiger partial charge is 0.192 e. The van der Waals surface area contributed by atoms with Crippen molar-refractivity contribution in [1.29, 1.82) is 5.26 Å². The zero-order valence-electron chi connectivity index (χ0n) is 10.6. The first kappa shape index (κ1) is 12.1. The Morgan fingerprint density at radius 1 is 1.00 bits per heavy atom. The fraction of sp³-hybridized carbons (Fsp3) is 0.118. The lowest BCUT2D eigenvalue weighted by molar-refractivity contribution is 1.43. The van der Waals surface area contributed by atoms with Crippen molar-refractivity contribution < 1.29 is 0 Å². The van der Waals surface area contributed by atoms with Crippen molar-refractivity contribution in [1.82, 2.24) is 0 Å². The number of rotatable bonds is 2. The van der Waals surface area contributed by atoms with E-state index < -0.39 is 0 Å². The number of hydrogen-bond acceptors (Lipinski definition) is 1. The van der Waals surface area contributed by atoms with Crippen LogP contribution in [0.25, 0.3) is 11.6 Å². The predicted molar refractivity (Wildman–Crippen MR) is 75.8 cm³/mol. The van der Waals surface area contributed by atoms with Gasteiger partial charge in [-0.05, 0) is 36.6 Å². The number of benzene rings is 2. The molecule has 0 aliphatic rings. The second-order valence-electron chi connectivity index (χ2n) is 4.39. The van der Waals surface area contributed by atoms with Gasteiger partial charge in [-0.25, -0.2) is 0 Å². The molecule has 0 spiro atoms. The van der Waals surface area contributed by atoms with Gasteiger partial charge in [-0.15, -0.1) is 0 Å². The van der Waals surface area contributed by atoms with E-state index in [2.05, 4.69) is 19.1 Å². The van der Waals surface area contributed by atoms with Crippen molar-refractivity contribution >= 4 is 11.6 Å². The smallest absolute Gasteiger partial charge is 0.0998 e. The molecule has 0 radical (unpaired) electrons. The Hall–Kier alpha value is -2.33. The highest BCUT2D eigenvalue weighted by atomic mass is 14.2. The fourth-order valence-electron chi connectivity index (χ4n) is 1.82. The van der Waals surface area contributed by atoms with Crippen LogP contribution in [0.5, 0.6) is 0 Å². The Bertz CT molecular complexity index is 613. The molecule has 0 amide bonds. The molecule has 88 valence electrons. The predicted octanol–water partition coefficient (Wildman–Crippen LogP) is 4.37. The summed E-state index contributed by atoms with van der Waals surface area (Å²) in [7, 11) is 0. The minimum atomic E-state index is 0.698. The molecule has 0 saturated heterocycles. The van der Waals surface area contributed by atoms with Gasteiger partial charge in [0.25, 0.3) is 0 Å². The minimum Gasteiger partial charge on any atom is -0.192 e. The molecule has 0 N–H and O–H groups in total. The molecule has 1 nitrogen and oxygen atoms in total. The van der Waals surface area contributed by atoms with Gasteiger partial charge in [0.05, 0.1) is 11.6 Å². The second kappa shape index (κ2) is 5.33. The lowest BCUT2D eigenvalue weighted by Gasteiger charge is -2.03. The van der Waals surface area contributed by atoms with Gasteiger partial charge in [-0.3, -0.25) is 0 Å². The maximum Gasteiger partial charge on any atom is 0.0998 e. The van der Waals surface area contributed by atoms with Crippen LogP contribution in [-0.4, -0.2) is 0 Å². The van der Waals surface area contributed by atoms with Crippen LogP contribution < -0.4 is 0 Å². The third kappa shape index (κ3) is 2.67. The van der Waals surface area contributed by atoms with E-state index in [1.165, 1.54) is 11.1 Å². The summed E-state index contributed by atoms with van der Waals surface area (Å²) in [6.07, 6.45) is 1.94. The molecule has 0 aromatic heterocycles. The molecule has 0 aliphatic carbocycles. The number of aryl methyl sites for hydroxylation is 2. The molecule has 0 saturated carbocycles. The normalized spacial score (nSPS) is 11.1. The summed E-state index contributed by atoms with van der Waals surface area (Å²) >= 11 is 0. The highest BCUT2D eigenvalue weighted by molar-refractivity contribution is 5.90. The quantitative estimate of drug-likeness (QED) is 0.558. The molecule has 0 atom stereocenters. The first-order chi connectivity index (χ1) is 8.70. The number of nitrogens with zero attached hydrogens (tertiary/aromatic N) is 1. The molecule has 18 heavy (non-hydrogen) atoms. The van der Waals surface area contributed by atoms with Gasteiger partial charge in [-0.2, -0.15) is 5.26 Å². The topological polar surface area (TPSA) is 23.8 Å². The molecular weight excluding hydrogens is 218 g/mol. The van der Waals surface area contributed by atoms with Crippen LogP contribution in [0.4, 0.5) is 0 Å². The summed E-state index contributed by atoms with van der Waals surface area (Å²) in [6.45, 7) is 4.09. The Labute approximate surface area is 108 Å². The van der Waals surface area contributed by atoms with Crippen LogP contribution in [-0.2, 0) is 0 Å². The minimum absolute atomic E-state index is 0.698. The zero-order chi connectivity index (χ0) is 13.0. The first-order valence-corrected chi connectivity index (χ1v) is 5.95. The molecule has 0 unspecified atom stereocenters. The van der Waals surface area contributed by atoms with Crippen LogP contribution in [0.15, 0.2) is 48.5 Å². The first-order valence-electron chi connectivity index (χ1n) is 5.95. The summed E-state index contributed by atoms with van der Waals surface area (Å²) < 4.78 is 0. The van der Waals surface area contributed by atoms with E-state index in [9.17, 15) is 5.26 Å². The van der Waals surface area contributed by atoms with Gasteiger partial charge in [0.1, 0.15) is 0 Å². The van der Waals surface area contributed by atoms with Gasteiger partial charge in [0.2, 0.25) is 0 Å². The van der Waals surface area contributed by atoms with E-state index in [1.54, 1.807) is 0 Å². The second-order valence-corrected chi connectivity index (χ2v) is 4.39. The number of nitriles is 1. The van der Waals surface area contributed by atoms with Gasteiger partial charge in [-0.1, -0.05) is 54.1 Å². The summed E-state index contributed by atoms with van der Waals surface area (Å²) in [4.78, 5) is 0. The van der Waals surface area contributed by atoms with Crippen LogP contribution in [0.1, 0.15) is 22.3 Å². The van der Waals surface area contributed by atoms with Gasteiger partial charge in [0.15, 0.2) is 0 Å². The molecule has 2 aromatic carbocycles. The molecule has 1 heteroatoms. The summed E-state index contributed by atoms with van der Waals surface area (Å²) in [6, 6.07) is 18.4. The summed E-state index contributed by atoms with van der Waals surface area (Å²) in [5.74, 6) is 0. The fourth-order valence-corrected chi connectivity index (χ4v) is 1.82. The molecule has 0 heterocycles. The zero-order valence-corrected chi connectivity index (χ0v) is 10.6. The highest BCUT2D eigenvalue weighted by Gasteiger charge is 2.01. The average Bonchev–Trinajstić information content (AvgIpc) is 2.39.